The number of para-hydroxylation sites is 1. The van der Waals surface area contributed by atoms with Crippen LogP contribution in [-0.4, -0.2) is 15.0 Å². The molecule has 0 aliphatic carbocycles. The van der Waals surface area contributed by atoms with Crippen molar-refractivity contribution in [1.29, 1.82) is 0 Å². The predicted molar refractivity (Wildman–Crippen MR) is 69.5 cm³/mol. The second-order valence-electron chi connectivity index (χ2n) is 3.70. The SMILES string of the molecule is CCOc1ccccc1S(=O)(=O)c1ccccc1. The molecule has 0 spiro atoms. The molecule has 4 heteroatoms. The largest absolute Gasteiger partial charge is 0.493 e. The first-order valence-corrected chi connectivity index (χ1v) is 7.16. The summed E-state index contributed by atoms with van der Waals surface area (Å²) in [5.41, 5.74) is 0. The molecule has 0 unspecified atom stereocenters. The van der Waals surface area contributed by atoms with Crippen LogP contribution in [0.5, 0.6) is 5.75 Å². The van der Waals surface area contributed by atoms with Gasteiger partial charge in [0, 0.05) is 0 Å². The first-order valence-electron chi connectivity index (χ1n) is 5.68. The zero-order valence-corrected chi connectivity index (χ0v) is 10.9. The first kappa shape index (κ1) is 12.6. The smallest absolute Gasteiger partial charge is 0.210 e. The van der Waals surface area contributed by atoms with Crippen molar-refractivity contribution in [1.82, 2.24) is 0 Å². The average molecular weight is 262 g/mol. The molecule has 0 atom stereocenters. The van der Waals surface area contributed by atoms with Crippen LogP contribution in [0.15, 0.2) is 64.4 Å². The van der Waals surface area contributed by atoms with Crippen molar-refractivity contribution in [3.05, 3.63) is 54.6 Å². The highest BCUT2D eigenvalue weighted by Crippen LogP contribution is 2.28. The molecule has 0 heterocycles. The third kappa shape index (κ3) is 2.38. The molecule has 0 aliphatic heterocycles. The summed E-state index contributed by atoms with van der Waals surface area (Å²) in [5.74, 6) is 0.392. The van der Waals surface area contributed by atoms with Crippen molar-refractivity contribution in [3.8, 4) is 5.75 Å². The Balaban J connectivity index is 2.55. The van der Waals surface area contributed by atoms with Crippen LogP contribution in [0, 0.1) is 0 Å². The van der Waals surface area contributed by atoms with Crippen molar-refractivity contribution < 1.29 is 13.2 Å². The quantitative estimate of drug-likeness (QED) is 0.851. The molecule has 0 bridgehead atoms. The molecule has 2 rings (SSSR count). The number of hydrogen-bond acceptors (Lipinski definition) is 3. The van der Waals surface area contributed by atoms with E-state index in [9.17, 15) is 8.42 Å². The van der Waals surface area contributed by atoms with Gasteiger partial charge in [-0.15, -0.1) is 0 Å². The Morgan fingerprint density at radius 2 is 1.56 bits per heavy atom. The van der Waals surface area contributed by atoms with Crippen molar-refractivity contribution in [2.45, 2.75) is 16.7 Å². The summed E-state index contributed by atoms with van der Waals surface area (Å²) >= 11 is 0. The van der Waals surface area contributed by atoms with Gasteiger partial charge in [-0.05, 0) is 31.2 Å². The van der Waals surface area contributed by atoms with Gasteiger partial charge in [0.1, 0.15) is 10.6 Å². The molecule has 94 valence electrons. The lowest BCUT2D eigenvalue weighted by atomic mass is 10.3. The molecule has 0 aromatic heterocycles. The van der Waals surface area contributed by atoms with E-state index in [0.29, 0.717) is 12.4 Å². The lowest BCUT2D eigenvalue weighted by Crippen LogP contribution is -2.05. The standard InChI is InChI=1S/C14H14O3S/c1-2-17-13-10-6-7-11-14(13)18(15,16)12-8-4-3-5-9-12/h3-11H,2H2,1H3. The van der Waals surface area contributed by atoms with Crippen LogP contribution < -0.4 is 4.74 Å². The van der Waals surface area contributed by atoms with Gasteiger partial charge < -0.3 is 4.74 Å². The highest BCUT2D eigenvalue weighted by Gasteiger charge is 2.21. The third-order valence-electron chi connectivity index (χ3n) is 2.49. The summed E-state index contributed by atoms with van der Waals surface area (Å²) in [6.45, 7) is 2.26. The summed E-state index contributed by atoms with van der Waals surface area (Å²) < 4.78 is 30.3. The Morgan fingerprint density at radius 1 is 0.944 bits per heavy atom. The number of hydrogen-bond donors (Lipinski definition) is 0. The van der Waals surface area contributed by atoms with E-state index in [1.807, 2.05) is 6.92 Å². The van der Waals surface area contributed by atoms with E-state index in [0.717, 1.165) is 0 Å². The Bertz CT molecular complexity index is 618. The number of rotatable bonds is 4. The van der Waals surface area contributed by atoms with Gasteiger partial charge in [0.25, 0.3) is 0 Å². The Labute approximate surface area is 107 Å². The molecule has 18 heavy (non-hydrogen) atoms. The fourth-order valence-electron chi connectivity index (χ4n) is 1.67. The molecule has 0 fully saturated rings. The van der Waals surface area contributed by atoms with Gasteiger partial charge in [-0.3, -0.25) is 0 Å². The lowest BCUT2D eigenvalue weighted by Gasteiger charge is -2.10. The third-order valence-corrected chi connectivity index (χ3v) is 4.30. The fourth-order valence-corrected chi connectivity index (χ4v) is 3.09. The van der Waals surface area contributed by atoms with Gasteiger partial charge in [0.05, 0.1) is 11.5 Å². The van der Waals surface area contributed by atoms with Crippen LogP contribution in [0.1, 0.15) is 6.92 Å². The van der Waals surface area contributed by atoms with E-state index in [2.05, 4.69) is 0 Å². The molecular formula is C14H14O3S. The first-order chi connectivity index (χ1) is 8.66. The van der Waals surface area contributed by atoms with E-state index < -0.39 is 9.84 Å². The van der Waals surface area contributed by atoms with Crippen molar-refractivity contribution in [3.63, 3.8) is 0 Å². The Hall–Kier alpha value is -1.81. The molecule has 3 nitrogen and oxygen atoms in total. The highest BCUT2D eigenvalue weighted by atomic mass is 32.2. The van der Waals surface area contributed by atoms with Gasteiger partial charge in [-0.2, -0.15) is 0 Å². The maximum Gasteiger partial charge on any atom is 0.210 e. The molecule has 0 aliphatic rings. The van der Waals surface area contributed by atoms with E-state index in [4.69, 9.17) is 4.74 Å². The summed E-state index contributed by atoms with van der Waals surface area (Å²) in [7, 11) is -3.52. The van der Waals surface area contributed by atoms with Crippen LogP contribution in [0.25, 0.3) is 0 Å². The fraction of sp³-hybridized carbons (Fsp3) is 0.143. The second-order valence-corrected chi connectivity index (χ2v) is 5.61. The lowest BCUT2D eigenvalue weighted by molar-refractivity contribution is 0.331. The summed E-state index contributed by atoms with van der Waals surface area (Å²) in [6, 6.07) is 15.0. The van der Waals surface area contributed by atoms with Crippen LogP contribution in [0.4, 0.5) is 0 Å². The van der Waals surface area contributed by atoms with E-state index in [1.54, 1.807) is 54.6 Å². The Morgan fingerprint density at radius 3 is 2.22 bits per heavy atom. The molecule has 0 amide bonds. The average Bonchev–Trinajstić information content (AvgIpc) is 2.41. The highest BCUT2D eigenvalue weighted by molar-refractivity contribution is 7.91. The number of sulfone groups is 1. The van der Waals surface area contributed by atoms with Crippen molar-refractivity contribution in [2.75, 3.05) is 6.61 Å². The van der Waals surface area contributed by atoms with Gasteiger partial charge in [-0.25, -0.2) is 8.42 Å². The van der Waals surface area contributed by atoms with Crippen LogP contribution in [0.2, 0.25) is 0 Å². The minimum Gasteiger partial charge on any atom is -0.493 e. The normalized spacial score (nSPS) is 11.2. The molecule has 2 aromatic rings. The second kappa shape index (κ2) is 5.23. The van der Waals surface area contributed by atoms with Gasteiger partial charge in [0.2, 0.25) is 9.84 Å². The molecule has 2 aromatic carbocycles. The minimum atomic E-state index is -3.52. The summed E-state index contributed by atoms with van der Waals surface area (Å²) in [6.07, 6.45) is 0. The zero-order valence-electron chi connectivity index (χ0n) is 10.0. The topological polar surface area (TPSA) is 43.4 Å². The van der Waals surface area contributed by atoms with E-state index in [-0.39, 0.29) is 9.79 Å². The summed E-state index contributed by atoms with van der Waals surface area (Å²) in [4.78, 5) is 0.482. The predicted octanol–water partition coefficient (Wildman–Crippen LogP) is 2.92. The van der Waals surface area contributed by atoms with Crippen LogP contribution in [0.3, 0.4) is 0 Å². The van der Waals surface area contributed by atoms with E-state index >= 15 is 0 Å². The maximum absolute atomic E-state index is 12.4. The monoisotopic (exact) mass is 262 g/mol. The summed E-state index contributed by atoms with van der Waals surface area (Å²) in [5, 5.41) is 0. The van der Waals surface area contributed by atoms with Crippen LogP contribution in [-0.2, 0) is 9.84 Å². The van der Waals surface area contributed by atoms with Gasteiger partial charge >= 0.3 is 0 Å². The zero-order chi connectivity index (χ0) is 13.0. The number of benzene rings is 2. The molecule has 0 saturated heterocycles. The minimum absolute atomic E-state index is 0.207. The number of ether oxygens (including phenoxy) is 1. The van der Waals surface area contributed by atoms with E-state index in [1.165, 1.54) is 0 Å². The van der Waals surface area contributed by atoms with Crippen molar-refractivity contribution in [2.24, 2.45) is 0 Å². The van der Waals surface area contributed by atoms with Gasteiger partial charge in [-0.1, -0.05) is 30.3 Å². The van der Waals surface area contributed by atoms with Crippen molar-refractivity contribution >= 4 is 9.84 Å². The Kier molecular flexibility index (Phi) is 3.67. The molecule has 0 N–H and O–H groups in total. The molecule has 0 radical (unpaired) electrons. The van der Waals surface area contributed by atoms with Gasteiger partial charge in [0.15, 0.2) is 0 Å². The van der Waals surface area contributed by atoms with Crippen LogP contribution >= 0.6 is 0 Å². The molecular weight excluding hydrogens is 248 g/mol. The molecule has 0 saturated carbocycles. The maximum atomic E-state index is 12.4.